The molecular formula is C13H17N5O2S. The average Bonchev–Trinajstić information content (AvgIpc) is 3.11. The fraction of sp³-hybridized carbons (Fsp3) is 0.385. The maximum atomic E-state index is 12.3. The highest BCUT2D eigenvalue weighted by molar-refractivity contribution is 7.89. The van der Waals surface area contributed by atoms with E-state index in [0.717, 1.165) is 12.8 Å². The summed E-state index contributed by atoms with van der Waals surface area (Å²) in [6.45, 7) is 1.18. The molecule has 1 aliphatic carbocycles. The standard InChI is InChI=1S/C13H17N5O2S/c19-21(20,16-11-5-6-11)13-4-2-1-3-12(13)14-7-9-18-10-8-15-17-18/h1-4,8,10-11,14,16H,5-7,9H2. The third-order valence-electron chi connectivity index (χ3n) is 3.20. The van der Waals surface area contributed by atoms with Crippen molar-refractivity contribution in [2.45, 2.75) is 30.3 Å². The second-order valence-corrected chi connectivity index (χ2v) is 6.67. The van der Waals surface area contributed by atoms with Gasteiger partial charge in [-0.25, -0.2) is 13.1 Å². The second kappa shape index (κ2) is 5.82. The average molecular weight is 307 g/mol. The van der Waals surface area contributed by atoms with E-state index in [0.29, 0.717) is 18.8 Å². The first-order valence-corrected chi connectivity index (χ1v) is 8.33. The van der Waals surface area contributed by atoms with E-state index in [1.54, 1.807) is 35.3 Å². The predicted molar refractivity (Wildman–Crippen MR) is 78.3 cm³/mol. The summed E-state index contributed by atoms with van der Waals surface area (Å²) >= 11 is 0. The summed E-state index contributed by atoms with van der Waals surface area (Å²) in [5.41, 5.74) is 0.603. The molecule has 7 nitrogen and oxygen atoms in total. The highest BCUT2D eigenvalue weighted by Crippen LogP contribution is 2.25. The van der Waals surface area contributed by atoms with Gasteiger partial charge in [-0.15, -0.1) is 5.10 Å². The summed E-state index contributed by atoms with van der Waals surface area (Å²) in [7, 11) is -3.46. The van der Waals surface area contributed by atoms with Crippen LogP contribution in [0.3, 0.4) is 0 Å². The second-order valence-electron chi connectivity index (χ2n) is 4.98. The van der Waals surface area contributed by atoms with E-state index in [1.807, 2.05) is 6.07 Å². The van der Waals surface area contributed by atoms with E-state index in [9.17, 15) is 8.42 Å². The van der Waals surface area contributed by atoms with Gasteiger partial charge in [0, 0.05) is 18.8 Å². The van der Waals surface area contributed by atoms with Gasteiger partial charge in [0.25, 0.3) is 0 Å². The highest BCUT2D eigenvalue weighted by Gasteiger charge is 2.29. The third-order valence-corrected chi connectivity index (χ3v) is 4.78. The Morgan fingerprint density at radius 1 is 1.29 bits per heavy atom. The number of hydrogen-bond acceptors (Lipinski definition) is 5. The highest BCUT2D eigenvalue weighted by atomic mass is 32.2. The summed E-state index contributed by atoms with van der Waals surface area (Å²) in [5.74, 6) is 0. The number of anilines is 1. The Morgan fingerprint density at radius 3 is 2.81 bits per heavy atom. The van der Waals surface area contributed by atoms with Crippen LogP contribution in [0.2, 0.25) is 0 Å². The Kier molecular flexibility index (Phi) is 3.89. The number of benzene rings is 1. The topological polar surface area (TPSA) is 88.9 Å². The van der Waals surface area contributed by atoms with Gasteiger partial charge in [0.2, 0.25) is 10.0 Å². The molecule has 0 amide bonds. The molecule has 21 heavy (non-hydrogen) atoms. The lowest BCUT2D eigenvalue weighted by Crippen LogP contribution is -2.26. The molecule has 2 N–H and O–H groups in total. The van der Waals surface area contributed by atoms with E-state index in [-0.39, 0.29) is 10.9 Å². The van der Waals surface area contributed by atoms with Crippen molar-refractivity contribution in [2.24, 2.45) is 0 Å². The van der Waals surface area contributed by atoms with Crippen molar-refractivity contribution >= 4 is 15.7 Å². The zero-order valence-corrected chi connectivity index (χ0v) is 12.3. The zero-order valence-electron chi connectivity index (χ0n) is 11.4. The lowest BCUT2D eigenvalue weighted by atomic mass is 10.3. The number of nitrogens with one attached hydrogen (secondary N) is 2. The Hall–Kier alpha value is -1.93. The van der Waals surface area contributed by atoms with Crippen LogP contribution in [0, 0.1) is 0 Å². The molecule has 1 aromatic carbocycles. The lowest BCUT2D eigenvalue weighted by molar-refractivity contribution is 0.581. The number of hydrogen-bond donors (Lipinski definition) is 2. The van der Waals surface area contributed by atoms with Crippen LogP contribution < -0.4 is 10.0 Å². The molecule has 0 unspecified atom stereocenters. The smallest absolute Gasteiger partial charge is 0.242 e. The van der Waals surface area contributed by atoms with Crippen LogP contribution in [0.1, 0.15) is 12.8 Å². The lowest BCUT2D eigenvalue weighted by Gasteiger charge is -2.12. The van der Waals surface area contributed by atoms with Crippen LogP contribution in [0.4, 0.5) is 5.69 Å². The molecular weight excluding hydrogens is 290 g/mol. The van der Waals surface area contributed by atoms with E-state index in [4.69, 9.17) is 0 Å². The molecule has 8 heteroatoms. The minimum Gasteiger partial charge on any atom is -0.382 e. The van der Waals surface area contributed by atoms with Gasteiger partial charge in [0.15, 0.2) is 0 Å². The van der Waals surface area contributed by atoms with Crippen LogP contribution in [-0.2, 0) is 16.6 Å². The van der Waals surface area contributed by atoms with Crippen molar-refractivity contribution in [1.82, 2.24) is 19.7 Å². The molecule has 0 aliphatic heterocycles. The number of aromatic nitrogens is 3. The quantitative estimate of drug-likeness (QED) is 0.791. The van der Waals surface area contributed by atoms with Crippen LogP contribution in [-0.4, -0.2) is 36.0 Å². The first kappa shape index (κ1) is 14.0. The van der Waals surface area contributed by atoms with Gasteiger partial charge < -0.3 is 5.32 Å². The molecule has 1 fully saturated rings. The first-order chi connectivity index (χ1) is 10.1. The van der Waals surface area contributed by atoms with E-state index in [1.165, 1.54) is 0 Å². The van der Waals surface area contributed by atoms with Gasteiger partial charge in [-0.2, -0.15) is 0 Å². The predicted octanol–water partition coefficient (Wildman–Crippen LogP) is 0.831. The fourth-order valence-electron chi connectivity index (χ4n) is 1.99. The molecule has 112 valence electrons. The molecule has 0 bridgehead atoms. The van der Waals surface area contributed by atoms with Crippen LogP contribution in [0.5, 0.6) is 0 Å². The molecule has 1 aromatic heterocycles. The first-order valence-electron chi connectivity index (χ1n) is 6.84. The Morgan fingerprint density at radius 2 is 2.10 bits per heavy atom. The molecule has 1 heterocycles. The van der Waals surface area contributed by atoms with Crippen LogP contribution >= 0.6 is 0 Å². The number of rotatable bonds is 7. The number of nitrogens with zero attached hydrogens (tertiary/aromatic N) is 3. The molecule has 0 atom stereocenters. The Balaban J connectivity index is 1.69. The third kappa shape index (κ3) is 3.59. The largest absolute Gasteiger partial charge is 0.382 e. The van der Waals surface area contributed by atoms with Crippen LogP contribution in [0.15, 0.2) is 41.6 Å². The van der Waals surface area contributed by atoms with E-state index >= 15 is 0 Å². The molecule has 0 radical (unpaired) electrons. The van der Waals surface area contributed by atoms with Gasteiger partial charge >= 0.3 is 0 Å². The molecule has 3 rings (SSSR count). The van der Waals surface area contributed by atoms with Crippen molar-refractivity contribution in [3.05, 3.63) is 36.7 Å². The fourth-order valence-corrected chi connectivity index (χ4v) is 3.48. The van der Waals surface area contributed by atoms with Crippen molar-refractivity contribution < 1.29 is 8.42 Å². The molecule has 1 aliphatic rings. The minimum atomic E-state index is -3.46. The minimum absolute atomic E-state index is 0.0956. The van der Waals surface area contributed by atoms with E-state index < -0.39 is 10.0 Å². The summed E-state index contributed by atoms with van der Waals surface area (Å²) in [6.07, 6.45) is 5.21. The van der Waals surface area contributed by atoms with Gasteiger partial charge in [-0.05, 0) is 25.0 Å². The normalized spacial score (nSPS) is 15.0. The van der Waals surface area contributed by atoms with Crippen molar-refractivity contribution in [3.8, 4) is 0 Å². The zero-order chi connectivity index (χ0) is 14.7. The molecule has 2 aromatic rings. The van der Waals surface area contributed by atoms with Crippen molar-refractivity contribution in [3.63, 3.8) is 0 Å². The van der Waals surface area contributed by atoms with Crippen molar-refractivity contribution in [2.75, 3.05) is 11.9 Å². The summed E-state index contributed by atoms with van der Waals surface area (Å²) in [5, 5.41) is 10.7. The summed E-state index contributed by atoms with van der Waals surface area (Å²) < 4.78 is 29.0. The van der Waals surface area contributed by atoms with Gasteiger partial charge in [0.05, 0.1) is 18.4 Å². The Labute approximate surface area is 123 Å². The number of para-hydroxylation sites is 1. The van der Waals surface area contributed by atoms with Gasteiger partial charge in [-0.1, -0.05) is 17.3 Å². The molecule has 0 saturated heterocycles. The summed E-state index contributed by atoms with van der Waals surface area (Å²) in [6, 6.07) is 7.02. The Bertz CT molecular complexity index is 695. The van der Waals surface area contributed by atoms with Gasteiger partial charge in [-0.3, -0.25) is 4.68 Å². The summed E-state index contributed by atoms with van der Waals surface area (Å²) in [4.78, 5) is 0.287. The van der Waals surface area contributed by atoms with E-state index in [2.05, 4.69) is 20.4 Å². The molecule has 1 saturated carbocycles. The SMILES string of the molecule is O=S(=O)(NC1CC1)c1ccccc1NCCn1ccnn1. The van der Waals surface area contributed by atoms with Crippen molar-refractivity contribution in [1.29, 1.82) is 0 Å². The molecule has 0 spiro atoms. The number of sulfonamides is 1. The maximum absolute atomic E-state index is 12.3. The monoisotopic (exact) mass is 307 g/mol. The maximum Gasteiger partial charge on any atom is 0.242 e. The van der Waals surface area contributed by atoms with Crippen LogP contribution in [0.25, 0.3) is 0 Å². The van der Waals surface area contributed by atoms with Gasteiger partial charge in [0.1, 0.15) is 4.90 Å².